The zero-order valence-electron chi connectivity index (χ0n) is 9.46. The van der Waals surface area contributed by atoms with Crippen molar-refractivity contribution in [3.05, 3.63) is 45.9 Å². The van der Waals surface area contributed by atoms with Gasteiger partial charge in [0.05, 0.1) is 17.3 Å². The molecule has 1 aromatic heterocycles. The maximum absolute atomic E-state index is 10.2. The van der Waals surface area contributed by atoms with Gasteiger partial charge in [-0.1, -0.05) is 11.6 Å². The number of thiazole rings is 1. The lowest BCUT2D eigenvalue weighted by Crippen LogP contribution is -2.19. The average molecular weight is 247 g/mol. The van der Waals surface area contributed by atoms with E-state index >= 15 is 0 Å². The molecule has 1 aliphatic heterocycles. The molecule has 3 rings (SSSR count). The number of hydrogen-bond donors (Lipinski definition) is 1. The van der Waals surface area contributed by atoms with Gasteiger partial charge in [0.2, 0.25) is 0 Å². The zero-order valence-corrected chi connectivity index (χ0v) is 10.3. The Hall–Kier alpha value is -1.39. The van der Waals surface area contributed by atoms with Gasteiger partial charge in [0.25, 0.3) is 0 Å². The van der Waals surface area contributed by atoms with E-state index in [4.69, 9.17) is 4.74 Å². The van der Waals surface area contributed by atoms with Crippen LogP contribution in [0.15, 0.2) is 29.1 Å². The molecule has 2 atom stereocenters. The quantitative estimate of drug-likeness (QED) is 0.842. The van der Waals surface area contributed by atoms with Crippen molar-refractivity contribution in [2.75, 3.05) is 0 Å². The van der Waals surface area contributed by atoms with Crippen LogP contribution in [0.4, 0.5) is 0 Å². The lowest BCUT2D eigenvalue weighted by atomic mass is 9.96. The number of aliphatic hydroxyl groups excluding tert-OH is 1. The summed E-state index contributed by atoms with van der Waals surface area (Å²) in [4.78, 5) is 4.25. The third kappa shape index (κ3) is 1.94. The molecule has 0 saturated heterocycles. The van der Waals surface area contributed by atoms with Crippen LogP contribution in [0, 0.1) is 6.92 Å². The first-order chi connectivity index (χ1) is 8.24. The summed E-state index contributed by atoms with van der Waals surface area (Å²) in [6.07, 6.45) is -0.0305. The highest BCUT2D eigenvalue weighted by Gasteiger charge is 2.28. The summed E-state index contributed by atoms with van der Waals surface area (Å²) in [5.74, 6) is 0.771. The molecule has 1 aliphatic rings. The number of ether oxygens (including phenoxy) is 1. The van der Waals surface area contributed by atoms with Gasteiger partial charge in [0, 0.05) is 17.4 Å². The molecule has 1 aromatic carbocycles. The van der Waals surface area contributed by atoms with Crippen molar-refractivity contribution in [2.45, 2.75) is 25.6 Å². The van der Waals surface area contributed by atoms with Crippen LogP contribution in [0.5, 0.6) is 5.75 Å². The van der Waals surface area contributed by atoms with E-state index in [1.165, 1.54) is 0 Å². The summed E-state index contributed by atoms with van der Waals surface area (Å²) in [6.45, 7) is 2.01. The van der Waals surface area contributed by atoms with Crippen molar-refractivity contribution < 1.29 is 9.84 Å². The fraction of sp³-hybridized carbons (Fsp3) is 0.308. The Morgan fingerprint density at radius 2 is 2.35 bits per heavy atom. The predicted octanol–water partition coefficient (Wildman–Crippen LogP) is 3.01. The number of nitrogens with zero attached hydrogens (tertiary/aromatic N) is 1. The molecule has 0 aliphatic carbocycles. The van der Waals surface area contributed by atoms with Crippen LogP contribution in [0.1, 0.15) is 35.4 Å². The topological polar surface area (TPSA) is 42.4 Å². The molecule has 17 heavy (non-hydrogen) atoms. The van der Waals surface area contributed by atoms with Crippen LogP contribution in [-0.4, -0.2) is 10.1 Å². The molecule has 4 heteroatoms. The molecule has 1 unspecified atom stereocenters. The second kappa shape index (κ2) is 4.13. The van der Waals surface area contributed by atoms with Crippen LogP contribution >= 0.6 is 11.3 Å². The first-order valence-electron chi connectivity index (χ1n) is 5.57. The molecule has 0 fully saturated rings. The standard InChI is InChI=1S/C13H13NO2S/c1-8-2-3-12-9(4-8)11(15)5-13(16-12)10-6-17-7-14-10/h2-4,6-7,11,13,15H,5H2,1H3/t11-,13?/m0/s1. The van der Waals surface area contributed by atoms with Crippen molar-refractivity contribution in [1.82, 2.24) is 4.98 Å². The second-order valence-corrected chi connectivity index (χ2v) is 5.03. The van der Waals surface area contributed by atoms with Gasteiger partial charge in [-0.3, -0.25) is 0 Å². The van der Waals surface area contributed by atoms with Gasteiger partial charge in [-0.15, -0.1) is 11.3 Å². The Morgan fingerprint density at radius 3 is 3.12 bits per heavy atom. The van der Waals surface area contributed by atoms with Gasteiger partial charge < -0.3 is 9.84 Å². The largest absolute Gasteiger partial charge is 0.484 e. The monoisotopic (exact) mass is 247 g/mol. The normalized spacial score (nSPS) is 22.9. The van der Waals surface area contributed by atoms with Crippen LogP contribution < -0.4 is 4.74 Å². The summed E-state index contributed by atoms with van der Waals surface area (Å²) in [6, 6.07) is 5.90. The minimum absolute atomic E-state index is 0.133. The number of aryl methyl sites for hydroxylation is 1. The average Bonchev–Trinajstić information content (AvgIpc) is 2.83. The highest BCUT2D eigenvalue weighted by atomic mass is 32.1. The molecule has 0 bridgehead atoms. The van der Waals surface area contributed by atoms with E-state index in [0.29, 0.717) is 6.42 Å². The number of rotatable bonds is 1. The van der Waals surface area contributed by atoms with Crippen LogP contribution in [0.3, 0.4) is 0 Å². The molecule has 2 heterocycles. The Kier molecular flexibility index (Phi) is 2.61. The number of hydrogen-bond acceptors (Lipinski definition) is 4. The number of benzene rings is 1. The minimum atomic E-state index is -0.467. The Labute approximate surface area is 104 Å². The van der Waals surface area contributed by atoms with Crippen molar-refractivity contribution in [2.24, 2.45) is 0 Å². The third-order valence-electron chi connectivity index (χ3n) is 3.01. The number of aliphatic hydroxyl groups is 1. The van der Waals surface area contributed by atoms with Gasteiger partial charge in [-0.2, -0.15) is 0 Å². The van der Waals surface area contributed by atoms with Crippen LogP contribution in [0.2, 0.25) is 0 Å². The molecule has 1 N–H and O–H groups in total. The molecule has 88 valence electrons. The van der Waals surface area contributed by atoms with Crippen molar-refractivity contribution >= 4 is 11.3 Å². The summed E-state index contributed by atoms with van der Waals surface area (Å²) < 4.78 is 5.89. The second-order valence-electron chi connectivity index (χ2n) is 4.31. The Balaban J connectivity index is 1.96. The summed E-state index contributed by atoms with van der Waals surface area (Å²) in [5, 5.41) is 12.1. The van der Waals surface area contributed by atoms with E-state index in [1.807, 2.05) is 30.5 Å². The molecule has 0 radical (unpaired) electrons. The van der Waals surface area contributed by atoms with Crippen molar-refractivity contribution in [3.8, 4) is 5.75 Å². The molecule has 0 saturated carbocycles. The summed E-state index contributed by atoms with van der Waals surface area (Å²) in [7, 11) is 0. The van der Waals surface area contributed by atoms with Gasteiger partial charge in [-0.05, 0) is 19.1 Å². The van der Waals surface area contributed by atoms with Crippen LogP contribution in [0.25, 0.3) is 0 Å². The van der Waals surface area contributed by atoms with Crippen molar-refractivity contribution in [1.29, 1.82) is 0 Å². The molecule has 0 spiro atoms. The van der Waals surface area contributed by atoms with Gasteiger partial charge >= 0.3 is 0 Å². The number of aromatic nitrogens is 1. The first-order valence-corrected chi connectivity index (χ1v) is 6.51. The SMILES string of the molecule is Cc1ccc2c(c1)[C@@H](O)CC(c1cscn1)O2. The highest BCUT2D eigenvalue weighted by Crippen LogP contribution is 2.40. The van der Waals surface area contributed by atoms with E-state index in [-0.39, 0.29) is 6.10 Å². The molecule has 3 nitrogen and oxygen atoms in total. The Morgan fingerprint density at radius 1 is 1.47 bits per heavy atom. The first kappa shape index (κ1) is 10.7. The van der Waals surface area contributed by atoms with E-state index in [0.717, 1.165) is 22.6 Å². The molecular weight excluding hydrogens is 234 g/mol. The molecular formula is C13H13NO2S. The van der Waals surface area contributed by atoms with Gasteiger partial charge in [0.15, 0.2) is 0 Å². The summed E-state index contributed by atoms with van der Waals surface area (Å²) in [5.41, 5.74) is 4.71. The maximum atomic E-state index is 10.2. The fourth-order valence-corrected chi connectivity index (χ4v) is 2.72. The highest BCUT2D eigenvalue weighted by molar-refractivity contribution is 7.07. The van der Waals surface area contributed by atoms with Crippen molar-refractivity contribution in [3.63, 3.8) is 0 Å². The molecule has 0 amide bonds. The summed E-state index contributed by atoms with van der Waals surface area (Å²) >= 11 is 1.55. The lowest BCUT2D eigenvalue weighted by molar-refractivity contribution is 0.0639. The lowest BCUT2D eigenvalue weighted by Gasteiger charge is -2.28. The molecule has 2 aromatic rings. The van der Waals surface area contributed by atoms with Crippen LogP contribution in [-0.2, 0) is 0 Å². The minimum Gasteiger partial charge on any atom is -0.484 e. The van der Waals surface area contributed by atoms with Gasteiger partial charge in [-0.25, -0.2) is 4.98 Å². The van der Waals surface area contributed by atoms with Gasteiger partial charge in [0.1, 0.15) is 11.9 Å². The van der Waals surface area contributed by atoms with E-state index in [2.05, 4.69) is 4.98 Å². The van der Waals surface area contributed by atoms with E-state index in [9.17, 15) is 5.11 Å². The fourth-order valence-electron chi connectivity index (χ4n) is 2.13. The maximum Gasteiger partial charge on any atom is 0.144 e. The Bertz CT molecular complexity index is 524. The smallest absolute Gasteiger partial charge is 0.144 e. The third-order valence-corrected chi connectivity index (χ3v) is 3.62. The number of fused-ring (bicyclic) bond motifs is 1. The van der Waals surface area contributed by atoms with E-state index < -0.39 is 6.10 Å². The predicted molar refractivity (Wildman–Crippen MR) is 66.2 cm³/mol. The van der Waals surface area contributed by atoms with E-state index in [1.54, 1.807) is 16.8 Å². The zero-order chi connectivity index (χ0) is 11.8.